The van der Waals surface area contributed by atoms with Crippen molar-refractivity contribution in [2.45, 2.75) is 26.2 Å². The van der Waals surface area contributed by atoms with Crippen molar-refractivity contribution in [3.8, 4) is 11.3 Å². The maximum Gasteiger partial charge on any atom is 0.0740 e. The Morgan fingerprint density at radius 2 is 1.89 bits per heavy atom. The van der Waals surface area contributed by atoms with E-state index in [4.69, 9.17) is 5.73 Å². The fourth-order valence-electron chi connectivity index (χ4n) is 2.23. The van der Waals surface area contributed by atoms with Crippen molar-refractivity contribution >= 4 is 0 Å². The van der Waals surface area contributed by atoms with Gasteiger partial charge in [-0.05, 0) is 48.2 Å². The highest BCUT2D eigenvalue weighted by Gasteiger charge is 2.15. The van der Waals surface area contributed by atoms with Crippen LogP contribution in [0.2, 0.25) is 0 Å². The van der Waals surface area contributed by atoms with Crippen molar-refractivity contribution in [1.29, 1.82) is 0 Å². The molecule has 3 heteroatoms. The molecule has 1 atom stereocenters. The van der Waals surface area contributed by atoms with Crippen LogP contribution < -0.4 is 5.73 Å². The summed E-state index contributed by atoms with van der Waals surface area (Å²) in [5, 5.41) is 0. The van der Waals surface area contributed by atoms with Crippen molar-refractivity contribution in [2.24, 2.45) is 5.73 Å². The number of nitrogens with zero attached hydrogens (tertiary/aromatic N) is 2. The first-order valence-electron chi connectivity index (χ1n) is 6.36. The molecule has 0 saturated heterocycles. The SMILES string of the molecule is CCc1ccnc(-c2ccncc2)c1C(C)CN. The van der Waals surface area contributed by atoms with Gasteiger partial charge < -0.3 is 5.73 Å². The molecule has 2 aromatic rings. The van der Waals surface area contributed by atoms with Crippen LogP contribution in [0, 0.1) is 0 Å². The second-order valence-electron chi connectivity index (χ2n) is 4.46. The lowest BCUT2D eigenvalue weighted by atomic mass is 9.91. The van der Waals surface area contributed by atoms with Gasteiger partial charge in [0.2, 0.25) is 0 Å². The maximum atomic E-state index is 5.83. The van der Waals surface area contributed by atoms with E-state index in [1.165, 1.54) is 11.1 Å². The van der Waals surface area contributed by atoms with Crippen LogP contribution in [0.4, 0.5) is 0 Å². The van der Waals surface area contributed by atoms with Crippen LogP contribution in [0.1, 0.15) is 30.9 Å². The quantitative estimate of drug-likeness (QED) is 0.895. The smallest absolute Gasteiger partial charge is 0.0740 e. The first-order chi connectivity index (χ1) is 8.77. The highest BCUT2D eigenvalue weighted by molar-refractivity contribution is 5.64. The predicted octanol–water partition coefficient (Wildman–Crippen LogP) is 2.77. The Morgan fingerprint density at radius 1 is 1.17 bits per heavy atom. The second kappa shape index (κ2) is 5.74. The Morgan fingerprint density at radius 3 is 2.50 bits per heavy atom. The lowest BCUT2D eigenvalue weighted by Crippen LogP contribution is -2.13. The molecule has 2 rings (SSSR count). The number of rotatable bonds is 4. The fraction of sp³-hybridized carbons (Fsp3) is 0.333. The Labute approximate surface area is 108 Å². The van der Waals surface area contributed by atoms with Gasteiger partial charge in [-0.1, -0.05) is 13.8 Å². The number of aryl methyl sites for hydroxylation is 1. The molecule has 0 aliphatic carbocycles. The minimum atomic E-state index is 0.316. The average Bonchev–Trinajstić information content (AvgIpc) is 2.46. The van der Waals surface area contributed by atoms with E-state index in [2.05, 4.69) is 29.9 Å². The summed E-state index contributed by atoms with van der Waals surface area (Å²) < 4.78 is 0. The largest absolute Gasteiger partial charge is 0.330 e. The van der Waals surface area contributed by atoms with E-state index < -0.39 is 0 Å². The zero-order valence-corrected chi connectivity index (χ0v) is 10.9. The molecule has 0 amide bonds. The van der Waals surface area contributed by atoms with Crippen LogP contribution in [0.15, 0.2) is 36.8 Å². The number of aromatic nitrogens is 2. The normalized spacial score (nSPS) is 12.4. The van der Waals surface area contributed by atoms with Crippen LogP contribution in [0.5, 0.6) is 0 Å². The number of hydrogen-bond donors (Lipinski definition) is 1. The van der Waals surface area contributed by atoms with Crippen molar-refractivity contribution in [2.75, 3.05) is 6.54 Å². The monoisotopic (exact) mass is 241 g/mol. The molecule has 0 saturated carbocycles. The van der Waals surface area contributed by atoms with E-state index in [1.54, 1.807) is 12.4 Å². The Hall–Kier alpha value is -1.74. The highest BCUT2D eigenvalue weighted by atomic mass is 14.7. The molecule has 2 heterocycles. The van der Waals surface area contributed by atoms with Gasteiger partial charge in [0, 0.05) is 24.2 Å². The zero-order valence-electron chi connectivity index (χ0n) is 10.9. The molecule has 94 valence electrons. The van der Waals surface area contributed by atoms with E-state index >= 15 is 0 Å². The van der Waals surface area contributed by atoms with E-state index in [9.17, 15) is 0 Å². The highest BCUT2D eigenvalue weighted by Crippen LogP contribution is 2.29. The number of hydrogen-bond acceptors (Lipinski definition) is 3. The van der Waals surface area contributed by atoms with Gasteiger partial charge in [0.05, 0.1) is 5.69 Å². The van der Waals surface area contributed by atoms with Crippen LogP contribution in [0.25, 0.3) is 11.3 Å². The van der Waals surface area contributed by atoms with Crippen molar-refractivity contribution in [1.82, 2.24) is 9.97 Å². The molecule has 2 aromatic heterocycles. The summed E-state index contributed by atoms with van der Waals surface area (Å²) >= 11 is 0. The molecule has 3 nitrogen and oxygen atoms in total. The average molecular weight is 241 g/mol. The second-order valence-corrected chi connectivity index (χ2v) is 4.46. The van der Waals surface area contributed by atoms with E-state index in [0.29, 0.717) is 12.5 Å². The molecule has 1 unspecified atom stereocenters. The minimum Gasteiger partial charge on any atom is -0.330 e. The third-order valence-electron chi connectivity index (χ3n) is 3.26. The number of nitrogens with two attached hydrogens (primary N) is 1. The van der Waals surface area contributed by atoms with Crippen LogP contribution in [-0.2, 0) is 6.42 Å². The molecule has 0 radical (unpaired) electrons. The molecule has 0 bridgehead atoms. The van der Waals surface area contributed by atoms with Crippen LogP contribution in [0.3, 0.4) is 0 Å². The fourth-order valence-corrected chi connectivity index (χ4v) is 2.23. The Balaban J connectivity index is 2.60. The summed E-state index contributed by atoms with van der Waals surface area (Å²) in [6.07, 6.45) is 6.47. The summed E-state index contributed by atoms with van der Waals surface area (Å²) in [5.41, 5.74) is 10.6. The van der Waals surface area contributed by atoms with Crippen LogP contribution >= 0.6 is 0 Å². The summed E-state index contributed by atoms with van der Waals surface area (Å²) in [4.78, 5) is 8.60. The molecule has 0 fully saturated rings. The van der Waals surface area contributed by atoms with Gasteiger partial charge in [-0.25, -0.2) is 0 Å². The topological polar surface area (TPSA) is 51.8 Å². The van der Waals surface area contributed by atoms with Gasteiger partial charge in [-0.3, -0.25) is 9.97 Å². The van der Waals surface area contributed by atoms with E-state index in [1.807, 2.05) is 18.3 Å². The van der Waals surface area contributed by atoms with Crippen molar-refractivity contribution < 1.29 is 0 Å². The molecule has 0 spiro atoms. The minimum absolute atomic E-state index is 0.316. The van der Waals surface area contributed by atoms with Gasteiger partial charge in [0.1, 0.15) is 0 Å². The Bertz CT molecular complexity index is 508. The molecule has 0 aliphatic heterocycles. The predicted molar refractivity (Wildman–Crippen MR) is 74.3 cm³/mol. The summed E-state index contributed by atoms with van der Waals surface area (Å²) in [7, 11) is 0. The summed E-state index contributed by atoms with van der Waals surface area (Å²) in [5.74, 6) is 0.316. The lowest BCUT2D eigenvalue weighted by Gasteiger charge is -2.18. The first kappa shape index (κ1) is 12.7. The molecular formula is C15H19N3. The zero-order chi connectivity index (χ0) is 13.0. The lowest BCUT2D eigenvalue weighted by molar-refractivity contribution is 0.759. The maximum absolute atomic E-state index is 5.83. The third kappa shape index (κ3) is 2.41. The van der Waals surface area contributed by atoms with Crippen molar-refractivity contribution in [3.05, 3.63) is 47.9 Å². The first-order valence-corrected chi connectivity index (χ1v) is 6.36. The van der Waals surface area contributed by atoms with Gasteiger partial charge >= 0.3 is 0 Å². The van der Waals surface area contributed by atoms with Gasteiger partial charge in [0.25, 0.3) is 0 Å². The molecular weight excluding hydrogens is 222 g/mol. The standard InChI is InChI=1S/C15H19N3/c1-3-12-6-9-18-15(14(12)11(2)10-16)13-4-7-17-8-5-13/h4-9,11H,3,10,16H2,1-2H3. The third-order valence-corrected chi connectivity index (χ3v) is 3.26. The van der Waals surface area contributed by atoms with Crippen molar-refractivity contribution in [3.63, 3.8) is 0 Å². The Kier molecular flexibility index (Phi) is 4.05. The molecule has 0 aromatic carbocycles. The van der Waals surface area contributed by atoms with Gasteiger partial charge in [-0.2, -0.15) is 0 Å². The van der Waals surface area contributed by atoms with Crippen LogP contribution in [-0.4, -0.2) is 16.5 Å². The summed E-state index contributed by atoms with van der Waals surface area (Å²) in [6.45, 7) is 4.95. The molecule has 2 N–H and O–H groups in total. The van der Waals surface area contributed by atoms with Gasteiger partial charge in [-0.15, -0.1) is 0 Å². The van der Waals surface area contributed by atoms with E-state index in [-0.39, 0.29) is 0 Å². The van der Waals surface area contributed by atoms with Gasteiger partial charge in [0.15, 0.2) is 0 Å². The summed E-state index contributed by atoms with van der Waals surface area (Å²) in [6, 6.07) is 6.08. The number of pyridine rings is 2. The molecule has 18 heavy (non-hydrogen) atoms. The molecule has 0 aliphatic rings. The van der Waals surface area contributed by atoms with E-state index in [0.717, 1.165) is 17.7 Å².